The lowest BCUT2D eigenvalue weighted by molar-refractivity contribution is 0.570. The van der Waals surface area contributed by atoms with Gasteiger partial charge in [0.2, 0.25) is 0 Å². The predicted octanol–water partition coefficient (Wildman–Crippen LogP) is 3.32. The van der Waals surface area contributed by atoms with Crippen molar-refractivity contribution in [3.05, 3.63) is 39.8 Å². The summed E-state index contributed by atoms with van der Waals surface area (Å²) >= 11 is 1.80. The Bertz CT molecular complexity index is 605. The molecule has 0 atom stereocenters. The average Bonchev–Trinajstić information content (AvgIpc) is 3.09. The molecule has 7 heteroatoms. The number of aliphatic imine (C=N–C) groups is 1. The van der Waals surface area contributed by atoms with E-state index in [1.165, 1.54) is 15.3 Å². The Balaban J connectivity index is 0.00000264. The van der Waals surface area contributed by atoms with Gasteiger partial charge in [-0.25, -0.2) is 4.99 Å². The molecule has 2 heterocycles. The number of rotatable bonds is 7. The zero-order valence-corrected chi connectivity index (χ0v) is 17.1. The van der Waals surface area contributed by atoms with Gasteiger partial charge in [-0.3, -0.25) is 4.68 Å². The summed E-state index contributed by atoms with van der Waals surface area (Å²) in [5.41, 5.74) is 1.20. The van der Waals surface area contributed by atoms with Gasteiger partial charge in [0, 0.05) is 35.6 Å². The van der Waals surface area contributed by atoms with Crippen LogP contribution in [0.5, 0.6) is 0 Å². The molecule has 2 aromatic rings. The van der Waals surface area contributed by atoms with E-state index < -0.39 is 0 Å². The molecule has 0 saturated carbocycles. The number of aryl methyl sites for hydroxylation is 3. The minimum atomic E-state index is 0. The molecular formula is C16H26IN5S. The first-order valence-corrected chi connectivity index (χ1v) is 8.55. The Labute approximate surface area is 159 Å². The maximum Gasteiger partial charge on any atom is 0.191 e. The van der Waals surface area contributed by atoms with Crippen LogP contribution >= 0.6 is 35.3 Å². The molecule has 0 unspecified atom stereocenters. The summed E-state index contributed by atoms with van der Waals surface area (Å²) in [6.45, 7) is 9.67. The number of guanidine groups is 1. The zero-order chi connectivity index (χ0) is 15.8. The van der Waals surface area contributed by atoms with Crippen LogP contribution in [0.25, 0.3) is 0 Å². The summed E-state index contributed by atoms with van der Waals surface area (Å²) in [6, 6.07) is 4.29. The molecule has 23 heavy (non-hydrogen) atoms. The topological polar surface area (TPSA) is 54.2 Å². The van der Waals surface area contributed by atoms with Gasteiger partial charge < -0.3 is 10.6 Å². The van der Waals surface area contributed by atoms with Crippen molar-refractivity contribution in [3.63, 3.8) is 0 Å². The lowest BCUT2D eigenvalue weighted by Gasteiger charge is -2.11. The first kappa shape index (κ1) is 20.0. The van der Waals surface area contributed by atoms with Crippen molar-refractivity contribution in [1.29, 1.82) is 0 Å². The summed E-state index contributed by atoms with van der Waals surface area (Å²) in [5.74, 6) is 0.880. The number of hydrogen-bond donors (Lipinski definition) is 2. The van der Waals surface area contributed by atoms with Crippen molar-refractivity contribution < 1.29 is 0 Å². The summed E-state index contributed by atoms with van der Waals surface area (Å²) in [7, 11) is 0. The zero-order valence-electron chi connectivity index (χ0n) is 14.0. The van der Waals surface area contributed by atoms with E-state index in [1.54, 1.807) is 11.3 Å². The molecule has 0 aliphatic carbocycles. The van der Waals surface area contributed by atoms with Crippen LogP contribution in [0.2, 0.25) is 0 Å². The Morgan fingerprint density at radius 2 is 2.13 bits per heavy atom. The van der Waals surface area contributed by atoms with Crippen molar-refractivity contribution in [2.45, 2.75) is 40.3 Å². The fourth-order valence-corrected chi connectivity index (χ4v) is 2.92. The normalized spacial score (nSPS) is 11.2. The van der Waals surface area contributed by atoms with Gasteiger partial charge in [0.25, 0.3) is 0 Å². The fourth-order valence-electron chi connectivity index (χ4n) is 2.11. The molecule has 0 radical (unpaired) electrons. The standard InChI is InChI=1S/C16H25N5S.HI/c1-4-17-16(19-11-15-7-6-14(3)22-15)18-8-5-9-21-12-13(2)10-20-21;/h6-7,10,12H,4-5,8-9,11H2,1-3H3,(H2,17,18,19);1H. The average molecular weight is 447 g/mol. The molecule has 0 fully saturated rings. The quantitative estimate of drug-likeness (QED) is 0.296. The number of thiophene rings is 1. The molecule has 0 spiro atoms. The number of nitrogens with zero attached hydrogens (tertiary/aromatic N) is 3. The Hall–Kier alpha value is -1.09. The Kier molecular flexibility index (Phi) is 9.23. The maximum atomic E-state index is 4.63. The van der Waals surface area contributed by atoms with Crippen LogP contribution in [0, 0.1) is 13.8 Å². The lowest BCUT2D eigenvalue weighted by atomic mass is 10.4. The van der Waals surface area contributed by atoms with Gasteiger partial charge in [-0.2, -0.15) is 5.10 Å². The van der Waals surface area contributed by atoms with E-state index in [-0.39, 0.29) is 24.0 Å². The lowest BCUT2D eigenvalue weighted by Crippen LogP contribution is -2.38. The molecule has 0 amide bonds. The van der Waals surface area contributed by atoms with Crippen LogP contribution < -0.4 is 10.6 Å². The maximum absolute atomic E-state index is 4.63. The molecule has 2 rings (SSSR count). The Morgan fingerprint density at radius 3 is 2.74 bits per heavy atom. The third-order valence-electron chi connectivity index (χ3n) is 3.15. The van der Waals surface area contributed by atoms with Crippen molar-refractivity contribution in [3.8, 4) is 0 Å². The number of aromatic nitrogens is 2. The molecule has 0 saturated heterocycles. The highest BCUT2D eigenvalue weighted by atomic mass is 127. The van der Waals surface area contributed by atoms with E-state index in [9.17, 15) is 0 Å². The highest BCUT2D eigenvalue weighted by Crippen LogP contribution is 2.15. The van der Waals surface area contributed by atoms with Crippen LogP contribution in [0.3, 0.4) is 0 Å². The third kappa shape index (κ3) is 7.34. The van der Waals surface area contributed by atoms with E-state index in [4.69, 9.17) is 0 Å². The van der Waals surface area contributed by atoms with Crippen LogP contribution in [0.4, 0.5) is 0 Å². The number of halogens is 1. The molecule has 0 aliphatic rings. The molecule has 0 aromatic carbocycles. The molecule has 2 aromatic heterocycles. The van der Waals surface area contributed by atoms with Crippen LogP contribution in [0.15, 0.2) is 29.5 Å². The van der Waals surface area contributed by atoms with E-state index in [2.05, 4.69) is 59.8 Å². The molecular weight excluding hydrogens is 421 g/mol. The van der Waals surface area contributed by atoms with Crippen molar-refractivity contribution in [1.82, 2.24) is 20.4 Å². The highest BCUT2D eigenvalue weighted by Gasteiger charge is 2.00. The van der Waals surface area contributed by atoms with E-state index in [0.29, 0.717) is 0 Å². The van der Waals surface area contributed by atoms with Gasteiger partial charge in [-0.1, -0.05) is 0 Å². The monoisotopic (exact) mass is 447 g/mol. The first-order valence-electron chi connectivity index (χ1n) is 7.74. The summed E-state index contributed by atoms with van der Waals surface area (Å²) in [4.78, 5) is 7.25. The van der Waals surface area contributed by atoms with E-state index in [1.807, 2.05) is 10.9 Å². The molecule has 5 nitrogen and oxygen atoms in total. The largest absolute Gasteiger partial charge is 0.357 e. The van der Waals surface area contributed by atoms with E-state index >= 15 is 0 Å². The molecule has 0 aliphatic heterocycles. The second-order valence-corrected chi connectivity index (χ2v) is 6.64. The summed E-state index contributed by atoms with van der Waals surface area (Å²) in [5, 5.41) is 11.0. The van der Waals surface area contributed by atoms with Crippen molar-refractivity contribution in [2.24, 2.45) is 4.99 Å². The smallest absolute Gasteiger partial charge is 0.191 e. The minimum absolute atomic E-state index is 0. The summed E-state index contributed by atoms with van der Waals surface area (Å²) < 4.78 is 1.98. The first-order chi connectivity index (χ1) is 10.7. The third-order valence-corrected chi connectivity index (χ3v) is 4.14. The second-order valence-electron chi connectivity index (χ2n) is 5.27. The number of nitrogens with one attached hydrogen (secondary N) is 2. The number of hydrogen-bond acceptors (Lipinski definition) is 3. The van der Waals surface area contributed by atoms with Crippen LogP contribution in [-0.2, 0) is 13.1 Å². The minimum Gasteiger partial charge on any atom is -0.357 e. The second kappa shape index (κ2) is 10.6. The fraction of sp³-hybridized carbons (Fsp3) is 0.500. The predicted molar refractivity (Wildman–Crippen MR) is 109 cm³/mol. The van der Waals surface area contributed by atoms with Gasteiger partial charge >= 0.3 is 0 Å². The van der Waals surface area contributed by atoms with Gasteiger partial charge in [-0.05, 0) is 44.9 Å². The van der Waals surface area contributed by atoms with Gasteiger partial charge in [0.15, 0.2) is 5.96 Å². The van der Waals surface area contributed by atoms with Gasteiger partial charge in [-0.15, -0.1) is 35.3 Å². The van der Waals surface area contributed by atoms with Crippen molar-refractivity contribution >= 4 is 41.3 Å². The molecule has 0 bridgehead atoms. The van der Waals surface area contributed by atoms with Gasteiger partial charge in [0.1, 0.15) is 0 Å². The van der Waals surface area contributed by atoms with E-state index in [0.717, 1.165) is 38.6 Å². The van der Waals surface area contributed by atoms with Crippen LogP contribution in [-0.4, -0.2) is 28.8 Å². The Morgan fingerprint density at radius 1 is 1.30 bits per heavy atom. The summed E-state index contributed by atoms with van der Waals surface area (Å²) in [6.07, 6.45) is 4.98. The highest BCUT2D eigenvalue weighted by molar-refractivity contribution is 14.0. The van der Waals surface area contributed by atoms with Crippen molar-refractivity contribution in [2.75, 3.05) is 13.1 Å². The SMILES string of the molecule is CCNC(=NCc1ccc(C)s1)NCCCn1cc(C)cn1.I. The van der Waals surface area contributed by atoms with Gasteiger partial charge in [0.05, 0.1) is 12.7 Å². The van der Waals surface area contributed by atoms with Crippen LogP contribution in [0.1, 0.15) is 28.7 Å². The molecule has 2 N–H and O–H groups in total. The molecule has 128 valence electrons.